The zero-order chi connectivity index (χ0) is 19.7. The van der Waals surface area contributed by atoms with Gasteiger partial charge >= 0.3 is 11.8 Å². The first kappa shape index (κ1) is 24.0. The van der Waals surface area contributed by atoms with E-state index in [2.05, 4.69) is 0 Å². The second kappa shape index (κ2) is 8.99. The molecule has 0 aliphatic heterocycles. The summed E-state index contributed by atoms with van der Waals surface area (Å²) < 4.78 is -0.314. The van der Waals surface area contributed by atoms with E-state index in [0.717, 1.165) is 0 Å². The summed E-state index contributed by atoms with van der Waals surface area (Å²) >= 11 is 24.8. The standard InChI is InChI=1S/C18H17Cl4N2O2.ClH/c1-18(2,3)24(22,17(26)12-7-9-14(19)10-8-12)23(21)16(25)13-5-4-6-15(20)11-13;/h4-11H,1-3H3;1H/q+1;. The molecule has 0 saturated heterocycles. The van der Waals surface area contributed by atoms with Gasteiger partial charge in [-0.2, -0.15) is 0 Å². The number of carbonyl (C=O) groups is 2. The van der Waals surface area contributed by atoms with Crippen LogP contribution < -0.4 is 0 Å². The molecule has 1 unspecified atom stereocenters. The van der Waals surface area contributed by atoms with Crippen LogP contribution in [0.1, 0.15) is 41.5 Å². The minimum atomic E-state index is -0.998. The first-order valence-corrected chi connectivity index (χ1v) is 9.07. The van der Waals surface area contributed by atoms with Crippen molar-refractivity contribution in [1.29, 1.82) is 0 Å². The van der Waals surface area contributed by atoms with Gasteiger partial charge in [0.25, 0.3) is 0 Å². The summed E-state index contributed by atoms with van der Waals surface area (Å²) in [4.78, 5) is 26.0. The molecule has 2 aromatic rings. The van der Waals surface area contributed by atoms with Crippen LogP contribution in [0.5, 0.6) is 0 Å². The van der Waals surface area contributed by atoms with Crippen molar-refractivity contribution < 1.29 is 13.7 Å². The summed E-state index contributed by atoms with van der Waals surface area (Å²) in [6.07, 6.45) is 0. The molecule has 0 aliphatic carbocycles. The van der Waals surface area contributed by atoms with Crippen LogP contribution in [0.4, 0.5) is 0 Å². The SMILES string of the molecule is CC(C)(C)[N+](Cl)(C(=O)c1ccc(Cl)cc1)N(Cl)C(=O)c1cccc(Cl)c1.Cl. The van der Waals surface area contributed by atoms with Gasteiger partial charge in [0.2, 0.25) is 11.8 Å². The van der Waals surface area contributed by atoms with Gasteiger partial charge in [-0.1, -0.05) is 33.8 Å². The molecule has 27 heavy (non-hydrogen) atoms. The van der Waals surface area contributed by atoms with Crippen LogP contribution >= 0.6 is 59.2 Å². The molecule has 2 aromatic carbocycles. The maximum atomic E-state index is 13.2. The Morgan fingerprint density at radius 3 is 1.96 bits per heavy atom. The van der Waals surface area contributed by atoms with Crippen molar-refractivity contribution in [3.63, 3.8) is 0 Å². The lowest BCUT2D eigenvalue weighted by molar-refractivity contribution is -0.871. The van der Waals surface area contributed by atoms with Crippen molar-refractivity contribution in [3.8, 4) is 0 Å². The predicted molar refractivity (Wildman–Crippen MR) is 112 cm³/mol. The highest BCUT2D eigenvalue weighted by Gasteiger charge is 2.56. The van der Waals surface area contributed by atoms with E-state index in [9.17, 15) is 9.59 Å². The summed E-state index contributed by atoms with van der Waals surface area (Å²) in [5, 5.41) is 0.844. The maximum Gasteiger partial charge on any atom is 0.390 e. The molecule has 2 rings (SSSR count). The predicted octanol–water partition coefficient (Wildman–Crippen LogP) is 6.54. The molecule has 9 heteroatoms. The van der Waals surface area contributed by atoms with Crippen LogP contribution in [0, 0.1) is 0 Å². The van der Waals surface area contributed by atoms with Gasteiger partial charge in [0.15, 0.2) is 0 Å². The van der Waals surface area contributed by atoms with E-state index in [1.54, 1.807) is 51.1 Å². The van der Waals surface area contributed by atoms with Crippen molar-refractivity contribution in [3.05, 3.63) is 69.7 Å². The molecule has 4 nitrogen and oxygen atoms in total. The van der Waals surface area contributed by atoms with Crippen LogP contribution in [0.25, 0.3) is 0 Å². The second-order valence-electron chi connectivity index (χ2n) is 6.61. The lowest BCUT2D eigenvalue weighted by atomic mass is 10.1. The zero-order valence-corrected chi connectivity index (χ0v) is 18.6. The number of hydrogen-bond acceptors (Lipinski definition) is 2. The van der Waals surface area contributed by atoms with Gasteiger partial charge in [0.1, 0.15) is 5.54 Å². The number of nitrogens with zero attached hydrogens (tertiary/aromatic N) is 2. The quantitative estimate of drug-likeness (QED) is 0.369. The largest absolute Gasteiger partial charge is 0.390 e. The second-order valence-corrected chi connectivity index (χ2v) is 8.30. The van der Waals surface area contributed by atoms with Crippen LogP contribution in [0.15, 0.2) is 48.5 Å². The Labute approximate surface area is 184 Å². The maximum absolute atomic E-state index is 13.2. The van der Waals surface area contributed by atoms with E-state index in [1.807, 2.05) is 0 Å². The molecule has 2 amide bonds. The molecule has 0 N–H and O–H groups in total. The Kier molecular flexibility index (Phi) is 8.00. The molecule has 0 saturated carbocycles. The van der Waals surface area contributed by atoms with Gasteiger partial charge in [0, 0.05) is 15.6 Å². The number of amides is 2. The first-order chi connectivity index (χ1) is 12.0. The summed E-state index contributed by atoms with van der Waals surface area (Å²) in [6, 6.07) is 12.4. The van der Waals surface area contributed by atoms with E-state index in [0.29, 0.717) is 14.6 Å². The molecule has 0 fully saturated rings. The van der Waals surface area contributed by atoms with Gasteiger partial charge in [-0.15, -0.1) is 12.4 Å². The lowest BCUT2D eigenvalue weighted by Crippen LogP contribution is -2.64. The molecular formula is C18H18Cl5N2O2+. The van der Waals surface area contributed by atoms with E-state index in [4.69, 9.17) is 46.8 Å². The first-order valence-electron chi connectivity index (χ1n) is 7.64. The minimum absolute atomic E-state index is 0. The third-order valence-electron chi connectivity index (χ3n) is 3.73. The number of halogens is 5. The average Bonchev–Trinajstić information content (AvgIpc) is 2.58. The normalized spacial score (nSPS) is 13.3. The van der Waals surface area contributed by atoms with Crippen molar-refractivity contribution in [2.45, 2.75) is 26.3 Å². The van der Waals surface area contributed by atoms with Crippen LogP contribution in [-0.4, -0.2) is 26.0 Å². The van der Waals surface area contributed by atoms with Gasteiger partial charge in [-0.3, -0.25) is 4.79 Å². The number of rotatable bonds is 2. The summed E-state index contributed by atoms with van der Waals surface area (Å²) in [7, 11) is 0. The number of benzene rings is 2. The fourth-order valence-corrected chi connectivity index (χ4v) is 3.14. The van der Waals surface area contributed by atoms with E-state index >= 15 is 0 Å². The van der Waals surface area contributed by atoms with Crippen LogP contribution in [0.3, 0.4) is 0 Å². The number of quaternary nitrogens is 1. The Bertz CT molecular complexity index is 836. The van der Waals surface area contributed by atoms with Crippen molar-refractivity contribution in [1.82, 2.24) is 4.53 Å². The van der Waals surface area contributed by atoms with Crippen LogP contribution in [-0.2, 0) is 0 Å². The summed E-state index contributed by atoms with van der Waals surface area (Å²) in [5.41, 5.74) is -0.457. The van der Waals surface area contributed by atoms with Crippen molar-refractivity contribution in [2.24, 2.45) is 0 Å². The van der Waals surface area contributed by atoms with Gasteiger partial charge in [-0.25, -0.2) is 4.79 Å². The van der Waals surface area contributed by atoms with Gasteiger partial charge in [-0.05, 0) is 67.3 Å². The molecular weight excluding hydrogens is 453 g/mol. The smallest absolute Gasteiger partial charge is 0.262 e. The van der Waals surface area contributed by atoms with Gasteiger partial charge in [0.05, 0.1) is 17.3 Å². The monoisotopic (exact) mass is 469 g/mol. The number of carbonyl (C=O) groups excluding carboxylic acids is 2. The zero-order valence-electron chi connectivity index (χ0n) is 14.7. The van der Waals surface area contributed by atoms with Crippen LogP contribution in [0.2, 0.25) is 10.0 Å². The fraction of sp³-hybridized carbons (Fsp3) is 0.222. The van der Waals surface area contributed by atoms with Crippen molar-refractivity contribution in [2.75, 3.05) is 0 Å². The van der Waals surface area contributed by atoms with E-state index < -0.39 is 21.5 Å². The Morgan fingerprint density at radius 1 is 0.926 bits per heavy atom. The average molecular weight is 472 g/mol. The summed E-state index contributed by atoms with van der Waals surface area (Å²) in [5.74, 6) is -1.22. The highest BCUT2D eigenvalue weighted by atomic mass is 35.5. The highest BCUT2D eigenvalue weighted by molar-refractivity contribution is 6.32. The van der Waals surface area contributed by atoms with Crippen molar-refractivity contribution >= 4 is 71.0 Å². The Hall–Kier alpha value is -1.01. The molecule has 0 bridgehead atoms. The fourth-order valence-electron chi connectivity index (χ4n) is 2.26. The number of hydrogen-bond donors (Lipinski definition) is 0. The molecule has 1 atom stereocenters. The molecule has 146 valence electrons. The topological polar surface area (TPSA) is 37.4 Å². The molecule has 0 aliphatic rings. The lowest BCUT2D eigenvalue weighted by Gasteiger charge is -2.40. The minimum Gasteiger partial charge on any atom is -0.262 e. The van der Waals surface area contributed by atoms with E-state index in [-0.39, 0.29) is 23.5 Å². The third-order valence-corrected chi connectivity index (χ3v) is 5.49. The summed E-state index contributed by atoms with van der Waals surface area (Å²) in [6.45, 7) is 5.11. The van der Waals surface area contributed by atoms with Gasteiger partial charge < -0.3 is 0 Å². The molecule has 0 aromatic heterocycles. The molecule has 0 radical (unpaired) electrons. The molecule has 0 heterocycles. The van der Waals surface area contributed by atoms with E-state index in [1.165, 1.54) is 18.2 Å². The highest BCUT2D eigenvalue weighted by Crippen LogP contribution is 2.37. The molecule has 0 spiro atoms. The Balaban J connectivity index is 0.00000364. The third kappa shape index (κ3) is 4.89. The Morgan fingerprint density at radius 2 is 1.48 bits per heavy atom.